The first-order valence-corrected chi connectivity index (χ1v) is 5.45. The Kier molecular flexibility index (Phi) is 3.67. The highest BCUT2D eigenvalue weighted by atomic mass is 14.7. The molecule has 17 heavy (non-hydrogen) atoms. The number of benzene rings is 1. The van der Waals surface area contributed by atoms with Gasteiger partial charge in [0.25, 0.3) is 0 Å². The van der Waals surface area contributed by atoms with E-state index in [4.69, 9.17) is 5.26 Å². The van der Waals surface area contributed by atoms with Gasteiger partial charge in [-0.15, -0.1) is 0 Å². The smallest absolute Gasteiger partial charge is 0.0701 e. The Morgan fingerprint density at radius 2 is 1.94 bits per heavy atom. The lowest BCUT2D eigenvalue weighted by atomic mass is 10.1. The summed E-state index contributed by atoms with van der Waals surface area (Å²) in [5.74, 6) is 0. The maximum absolute atomic E-state index is 8.43. The minimum Gasteiger partial charge on any atom is -0.256 e. The average Bonchev–Trinajstić information content (AvgIpc) is 2.41. The fourth-order valence-electron chi connectivity index (χ4n) is 1.55. The van der Waals surface area contributed by atoms with E-state index < -0.39 is 0 Å². The molecule has 0 aliphatic heterocycles. The van der Waals surface area contributed by atoms with Crippen molar-refractivity contribution in [3.8, 4) is 17.3 Å². The summed E-state index contributed by atoms with van der Waals surface area (Å²) in [5, 5.41) is 8.43. The standard InChI is InChI=1S/C15H12N2/c16-11-3-1-5-13-7-9-14(10-8-13)15-6-2-4-12-17-15/h1-2,4-10,12H,3H2. The van der Waals surface area contributed by atoms with Crippen molar-refractivity contribution in [2.24, 2.45) is 0 Å². The Bertz CT molecular complexity index is 533. The normalized spacial score (nSPS) is 10.3. The van der Waals surface area contributed by atoms with Crippen LogP contribution in [0.4, 0.5) is 0 Å². The monoisotopic (exact) mass is 220 g/mol. The van der Waals surface area contributed by atoms with Gasteiger partial charge in [-0.1, -0.05) is 42.5 Å². The number of allylic oxidation sites excluding steroid dienone is 1. The molecule has 1 heterocycles. The highest BCUT2D eigenvalue weighted by Crippen LogP contribution is 2.17. The van der Waals surface area contributed by atoms with Gasteiger partial charge in [0, 0.05) is 11.8 Å². The molecular formula is C15H12N2. The molecule has 2 nitrogen and oxygen atoms in total. The van der Waals surface area contributed by atoms with E-state index in [1.54, 1.807) is 6.20 Å². The predicted octanol–water partition coefficient (Wildman–Crippen LogP) is 3.68. The van der Waals surface area contributed by atoms with Crippen LogP contribution in [0.5, 0.6) is 0 Å². The van der Waals surface area contributed by atoms with E-state index in [1.807, 2.05) is 54.6 Å². The minimum absolute atomic E-state index is 0.446. The van der Waals surface area contributed by atoms with Crippen LogP contribution in [0.3, 0.4) is 0 Å². The minimum atomic E-state index is 0.446. The zero-order valence-electron chi connectivity index (χ0n) is 9.38. The molecule has 0 aliphatic carbocycles. The van der Waals surface area contributed by atoms with Crippen molar-refractivity contribution in [1.29, 1.82) is 5.26 Å². The fourth-order valence-corrected chi connectivity index (χ4v) is 1.55. The van der Waals surface area contributed by atoms with Crippen molar-refractivity contribution in [2.45, 2.75) is 6.42 Å². The van der Waals surface area contributed by atoms with E-state index in [-0.39, 0.29) is 0 Å². The summed E-state index contributed by atoms with van der Waals surface area (Å²) in [6.45, 7) is 0. The van der Waals surface area contributed by atoms with Gasteiger partial charge in [-0.25, -0.2) is 0 Å². The molecule has 0 unspecified atom stereocenters. The van der Waals surface area contributed by atoms with Gasteiger partial charge in [-0.05, 0) is 17.7 Å². The summed E-state index contributed by atoms with van der Waals surface area (Å²) < 4.78 is 0. The molecule has 82 valence electrons. The summed E-state index contributed by atoms with van der Waals surface area (Å²) in [7, 11) is 0. The zero-order chi connectivity index (χ0) is 11.9. The largest absolute Gasteiger partial charge is 0.256 e. The highest BCUT2D eigenvalue weighted by Gasteiger charge is 1.96. The van der Waals surface area contributed by atoms with Gasteiger partial charge in [-0.3, -0.25) is 4.98 Å². The van der Waals surface area contributed by atoms with Crippen molar-refractivity contribution in [2.75, 3.05) is 0 Å². The van der Waals surface area contributed by atoms with Gasteiger partial charge in [0.1, 0.15) is 0 Å². The van der Waals surface area contributed by atoms with Crippen LogP contribution in [-0.2, 0) is 0 Å². The summed E-state index contributed by atoms with van der Waals surface area (Å²) in [6, 6.07) is 16.1. The van der Waals surface area contributed by atoms with Crippen molar-refractivity contribution in [3.05, 3.63) is 60.3 Å². The number of nitriles is 1. The second-order valence-corrected chi connectivity index (χ2v) is 3.60. The van der Waals surface area contributed by atoms with Gasteiger partial charge in [-0.2, -0.15) is 5.26 Å². The maximum Gasteiger partial charge on any atom is 0.0701 e. The Hall–Kier alpha value is -2.40. The molecule has 0 saturated carbocycles. The molecule has 2 rings (SSSR count). The number of hydrogen-bond acceptors (Lipinski definition) is 2. The van der Waals surface area contributed by atoms with Crippen molar-refractivity contribution >= 4 is 6.08 Å². The van der Waals surface area contributed by atoms with Crippen LogP contribution in [0.15, 0.2) is 54.7 Å². The number of hydrogen-bond donors (Lipinski definition) is 0. The third kappa shape index (κ3) is 3.02. The Morgan fingerprint density at radius 3 is 2.59 bits per heavy atom. The van der Waals surface area contributed by atoms with Crippen LogP contribution in [-0.4, -0.2) is 4.98 Å². The van der Waals surface area contributed by atoms with E-state index in [0.29, 0.717) is 6.42 Å². The second-order valence-electron chi connectivity index (χ2n) is 3.60. The molecule has 0 fully saturated rings. The highest BCUT2D eigenvalue weighted by molar-refractivity contribution is 5.62. The van der Waals surface area contributed by atoms with Gasteiger partial charge in [0.05, 0.1) is 18.2 Å². The summed E-state index contributed by atoms with van der Waals surface area (Å²) in [4.78, 5) is 4.29. The van der Waals surface area contributed by atoms with Crippen LogP contribution >= 0.6 is 0 Å². The van der Waals surface area contributed by atoms with E-state index in [9.17, 15) is 0 Å². The van der Waals surface area contributed by atoms with Crippen molar-refractivity contribution in [3.63, 3.8) is 0 Å². The van der Waals surface area contributed by atoms with Crippen molar-refractivity contribution in [1.82, 2.24) is 4.98 Å². The molecular weight excluding hydrogens is 208 g/mol. The van der Waals surface area contributed by atoms with Crippen LogP contribution in [0.2, 0.25) is 0 Å². The van der Waals surface area contributed by atoms with E-state index in [2.05, 4.69) is 11.1 Å². The SMILES string of the molecule is N#CCC=Cc1ccc(-c2ccccn2)cc1. The number of nitrogens with zero attached hydrogens (tertiary/aromatic N) is 2. The van der Waals surface area contributed by atoms with Crippen molar-refractivity contribution < 1.29 is 0 Å². The lowest BCUT2D eigenvalue weighted by molar-refractivity contribution is 1.32. The predicted molar refractivity (Wildman–Crippen MR) is 68.9 cm³/mol. The second kappa shape index (κ2) is 5.62. The molecule has 0 saturated heterocycles. The topological polar surface area (TPSA) is 36.7 Å². The molecule has 1 aromatic heterocycles. The molecule has 0 radical (unpaired) electrons. The summed E-state index contributed by atoms with van der Waals surface area (Å²) in [5.41, 5.74) is 3.17. The molecule has 1 aromatic carbocycles. The Balaban J connectivity index is 2.17. The fraction of sp³-hybridized carbons (Fsp3) is 0.0667. The van der Waals surface area contributed by atoms with Gasteiger partial charge in [0.15, 0.2) is 0 Å². The molecule has 0 spiro atoms. The summed E-state index contributed by atoms with van der Waals surface area (Å²) in [6.07, 6.45) is 6.04. The average molecular weight is 220 g/mol. The first kappa shape index (κ1) is 11.1. The maximum atomic E-state index is 8.43. The first-order chi connectivity index (χ1) is 8.40. The van der Waals surface area contributed by atoms with Crippen LogP contribution < -0.4 is 0 Å². The lowest BCUT2D eigenvalue weighted by Gasteiger charge is -2.00. The van der Waals surface area contributed by atoms with E-state index in [1.165, 1.54) is 0 Å². The van der Waals surface area contributed by atoms with Gasteiger partial charge >= 0.3 is 0 Å². The van der Waals surface area contributed by atoms with E-state index >= 15 is 0 Å². The van der Waals surface area contributed by atoms with Crippen LogP contribution in [0.1, 0.15) is 12.0 Å². The van der Waals surface area contributed by atoms with Crippen LogP contribution in [0.25, 0.3) is 17.3 Å². The molecule has 2 aromatic rings. The third-order valence-electron chi connectivity index (χ3n) is 2.39. The first-order valence-electron chi connectivity index (χ1n) is 5.45. The molecule has 2 heteroatoms. The Morgan fingerprint density at radius 1 is 1.12 bits per heavy atom. The van der Waals surface area contributed by atoms with Crippen LogP contribution in [0, 0.1) is 11.3 Å². The zero-order valence-corrected chi connectivity index (χ0v) is 9.38. The third-order valence-corrected chi connectivity index (χ3v) is 2.39. The number of rotatable bonds is 3. The molecule has 0 aliphatic rings. The number of aromatic nitrogens is 1. The molecule has 0 N–H and O–H groups in total. The summed E-state index contributed by atoms with van der Waals surface area (Å²) >= 11 is 0. The van der Waals surface area contributed by atoms with Gasteiger partial charge in [0.2, 0.25) is 0 Å². The molecule has 0 amide bonds. The molecule has 0 bridgehead atoms. The van der Waals surface area contributed by atoms with E-state index in [0.717, 1.165) is 16.8 Å². The molecule has 0 atom stereocenters. The van der Waals surface area contributed by atoms with Gasteiger partial charge < -0.3 is 0 Å². The quantitative estimate of drug-likeness (QED) is 0.791. The Labute approximate surface area is 101 Å². The number of pyridine rings is 1. The lowest BCUT2D eigenvalue weighted by Crippen LogP contribution is -1.81.